The third-order valence-electron chi connectivity index (χ3n) is 4.50. The van der Waals surface area contributed by atoms with E-state index in [4.69, 9.17) is 0 Å². The topological polar surface area (TPSA) is 12.0 Å². The van der Waals surface area contributed by atoms with Gasteiger partial charge in [-0.1, -0.05) is 47.0 Å². The Kier molecular flexibility index (Phi) is 7.18. The molecule has 1 saturated carbocycles. The lowest BCUT2D eigenvalue weighted by atomic mass is 9.69. The van der Waals surface area contributed by atoms with E-state index < -0.39 is 0 Å². The smallest absolute Gasteiger partial charge is 0.00979 e. The minimum atomic E-state index is 0.785. The highest BCUT2D eigenvalue weighted by molar-refractivity contribution is 4.86. The van der Waals surface area contributed by atoms with Gasteiger partial charge in [0.2, 0.25) is 0 Å². The molecule has 0 amide bonds. The number of rotatable bonds is 7. The van der Waals surface area contributed by atoms with Crippen LogP contribution >= 0.6 is 0 Å². The molecule has 1 aliphatic carbocycles. The molecule has 3 unspecified atom stereocenters. The van der Waals surface area contributed by atoms with Crippen LogP contribution in [0.1, 0.15) is 72.6 Å². The van der Waals surface area contributed by atoms with Gasteiger partial charge >= 0.3 is 0 Å². The Hall–Kier alpha value is -0.0400. The molecule has 0 saturated heterocycles. The Bertz CT molecular complexity index is 188. The second kappa shape index (κ2) is 8.13. The van der Waals surface area contributed by atoms with Crippen molar-refractivity contribution in [1.82, 2.24) is 5.32 Å². The van der Waals surface area contributed by atoms with Crippen LogP contribution in [0.3, 0.4) is 0 Å². The highest BCUT2D eigenvalue weighted by Gasteiger charge is 2.32. The van der Waals surface area contributed by atoms with Crippen LogP contribution in [0.5, 0.6) is 0 Å². The van der Waals surface area contributed by atoms with E-state index in [1.165, 1.54) is 51.5 Å². The largest absolute Gasteiger partial charge is 0.314 e. The van der Waals surface area contributed by atoms with Crippen LogP contribution in [-0.4, -0.2) is 12.6 Å². The second-order valence-corrected chi connectivity index (χ2v) is 6.21. The van der Waals surface area contributed by atoms with Gasteiger partial charge in [0.15, 0.2) is 0 Å². The molecule has 1 N–H and O–H groups in total. The fourth-order valence-corrected chi connectivity index (χ4v) is 3.62. The van der Waals surface area contributed by atoms with E-state index in [1.807, 2.05) is 0 Å². The highest BCUT2D eigenvalue weighted by Crippen LogP contribution is 2.38. The van der Waals surface area contributed by atoms with Crippen LogP contribution in [0.25, 0.3) is 0 Å². The van der Waals surface area contributed by atoms with E-state index in [1.54, 1.807) is 0 Å². The zero-order chi connectivity index (χ0) is 12.7. The quantitative estimate of drug-likeness (QED) is 0.683. The first kappa shape index (κ1) is 15.0. The summed E-state index contributed by atoms with van der Waals surface area (Å²) in [6.45, 7) is 10.6. The number of hydrogen-bond donors (Lipinski definition) is 1. The van der Waals surface area contributed by atoms with Gasteiger partial charge in [-0.25, -0.2) is 0 Å². The van der Waals surface area contributed by atoms with Crippen LogP contribution in [-0.2, 0) is 0 Å². The van der Waals surface area contributed by atoms with Gasteiger partial charge in [-0.2, -0.15) is 0 Å². The first-order chi connectivity index (χ1) is 8.20. The van der Waals surface area contributed by atoms with Gasteiger partial charge in [0.1, 0.15) is 0 Å². The molecule has 1 fully saturated rings. The molecule has 0 aromatic carbocycles. The lowest BCUT2D eigenvalue weighted by Gasteiger charge is -2.40. The maximum Gasteiger partial charge on any atom is 0.00979 e. The predicted molar refractivity (Wildman–Crippen MR) is 77.3 cm³/mol. The average Bonchev–Trinajstić information content (AvgIpc) is 2.34. The minimum Gasteiger partial charge on any atom is -0.314 e. The van der Waals surface area contributed by atoms with Crippen LogP contribution in [0.15, 0.2) is 0 Å². The summed E-state index contributed by atoms with van der Waals surface area (Å²) in [6.07, 6.45) is 9.81. The number of nitrogens with one attached hydrogen (secondary N) is 1. The summed E-state index contributed by atoms with van der Waals surface area (Å²) in [5, 5.41) is 3.82. The molecule has 0 spiro atoms. The van der Waals surface area contributed by atoms with Gasteiger partial charge < -0.3 is 5.32 Å². The Balaban J connectivity index is 2.60. The normalized spacial score (nSPS) is 27.4. The van der Waals surface area contributed by atoms with Crippen molar-refractivity contribution in [1.29, 1.82) is 0 Å². The highest BCUT2D eigenvalue weighted by atomic mass is 14.9. The summed E-state index contributed by atoms with van der Waals surface area (Å²) in [6, 6.07) is 0.785. The molecule has 0 aliphatic heterocycles. The third kappa shape index (κ3) is 4.62. The predicted octanol–water partition coefficient (Wildman–Crippen LogP) is 4.62. The molecule has 17 heavy (non-hydrogen) atoms. The summed E-state index contributed by atoms with van der Waals surface area (Å²) in [4.78, 5) is 0. The lowest BCUT2D eigenvalue weighted by Crippen LogP contribution is -2.42. The first-order valence-corrected chi connectivity index (χ1v) is 7.94. The molecule has 1 heteroatoms. The molecule has 0 radical (unpaired) electrons. The Labute approximate surface area is 109 Å². The number of hydrogen-bond acceptors (Lipinski definition) is 1. The van der Waals surface area contributed by atoms with E-state index in [0.29, 0.717) is 0 Å². The fraction of sp³-hybridized carbons (Fsp3) is 1.00. The average molecular weight is 239 g/mol. The van der Waals surface area contributed by atoms with Crippen molar-refractivity contribution >= 4 is 0 Å². The maximum atomic E-state index is 3.82. The standard InChI is InChI=1S/C16H33N/c1-5-9-16(17-12-6-2)15-11-8-7-10-14(15)13(3)4/h13-17H,5-12H2,1-4H3. The van der Waals surface area contributed by atoms with E-state index in [2.05, 4.69) is 33.0 Å². The molecule has 1 aliphatic rings. The van der Waals surface area contributed by atoms with Crippen LogP contribution in [0.2, 0.25) is 0 Å². The van der Waals surface area contributed by atoms with Gasteiger partial charge in [-0.05, 0) is 50.0 Å². The Morgan fingerprint density at radius 1 is 1.00 bits per heavy atom. The van der Waals surface area contributed by atoms with Gasteiger partial charge in [0.05, 0.1) is 0 Å². The molecular formula is C16H33N. The molecule has 3 atom stereocenters. The van der Waals surface area contributed by atoms with Gasteiger partial charge in [-0.15, -0.1) is 0 Å². The zero-order valence-corrected chi connectivity index (χ0v) is 12.5. The summed E-state index contributed by atoms with van der Waals surface area (Å²) in [7, 11) is 0. The van der Waals surface area contributed by atoms with Gasteiger partial charge in [0, 0.05) is 6.04 Å². The van der Waals surface area contributed by atoms with Crippen molar-refractivity contribution in [3.8, 4) is 0 Å². The Morgan fingerprint density at radius 2 is 1.65 bits per heavy atom. The summed E-state index contributed by atoms with van der Waals surface area (Å²) < 4.78 is 0. The van der Waals surface area contributed by atoms with Crippen molar-refractivity contribution in [3.05, 3.63) is 0 Å². The summed E-state index contributed by atoms with van der Waals surface area (Å²) in [5.74, 6) is 2.77. The monoisotopic (exact) mass is 239 g/mol. The van der Waals surface area contributed by atoms with Crippen LogP contribution in [0, 0.1) is 17.8 Å². The van der Waals surface area contributed by atoms with Crippen LogP contribution in [0.4, 0.5) is 0 Å². The van der Waals surface area contributed by atoms with E-state index in [-0.39, 0.29) is 0 Å². The van der Waals surface area contributed by atoms with Crippen molar-refractivity contribution in [2.45, 2.75) is 78.7 Å². The molecule has 1 nitrogen and oxygen atoms in total. The molecule has 0 aromatic rings. The van der Waals surface area contributed by atoms with Crippen molar-refractivity contribution in [3.63, 3.8) is 0 Å². The fourth-order valence-electron chi connectivity index (χ4n) is 3.62. The lowest BCUT2D eigenvalue weighted by molar-refractivity contribution is 0.132. The van der Waals surface area contributed by atoms with E-state index >= 15 is 0 Å². The molecule has 0 heterocycles. The van der Waals surface area contributed by atoms with Crippen molar-refractivity contribution < 1.29 is 0 Å². The van der Waals surface area contributed by atoms with Gasteiger partial charge in [-0.3, -0.25) is 0 Å². The van der Waals surface area contributed by atoms with Crippen molar-refractivity contribution in [2.24, 2.45) is 17.8 Å². The maximum absolute atomic E-state index is 3.82. The molecule has 0 bridgehead atoms. The Morgan fingerprint density at radius 3 is 2.18 bits per heavy atom. The summed E-state index contributed by atoms with van der Waals surface area (Å²) in [5.41, 5.74) is 0. The van der Waals surface area contributed by atoms with Crippen LogP contribution < -0.4 is 5.32 Å². The van der Waals surface area contributed by atoms with E-state index in [9.17, 15) is 0 Å². The SMILES string of the molecule is CCCNC(CCC)C1CCCCC1C(C)C. The third-order valence-corrected chi connectivity index (χ3v) is 4.50. The zero-order valence-electron chi connectivity index (χ0n) is 12.5. The van der Waals surface area contributed by atoms with Gasteiger partial charge in [0.25, 0.3) is 0 Å². The first-order valence-electron chi connectivity index (χ1n) is 7.94. The summed E-state index contributed by atoms with van der Waals surface area (Å²) >= 11 is 0. The second-order valence-electron chi connectivity index (χ2n) is 6.21. The molecule has 0 aromatic heterocycles. The van der Waals surface area contributed by atoms with E-state index in [0.717, 1.165) is 23.8 Å². The minimum absolute atomic E-state index is 0.785. The molecular weight excluding hydrogens is 206 g/mol. The molecule has 102 valence electrons. The molecule has 1 rings (SSSR count). The van der Waals surface area contributed by atoms with Crippen molar-refractivity contribution in [2.75, 3.05) is 6.54 Å².